The largest absolute Gasteiger partial charge is 0.421 e. The second-order valence-electron chi connectivity index (χ2n) is 5.76. The van der Waals surface area contributed by atoms with Crippen LogP contribution in [0.5, 0.6) is 5.75 Å². The zero-order valence-corrected chi connectivity index (χ0v) is 14.4. The second kappa shape index (κ2) is 8.12. The molecule has 3 aromatic carbocycles. The summed E-state index contributed by atoms with van der Waals surface area (Å²) in [6.07, 6.45) is 0.807. The van der Waals surface area contributed by atoms with E-state index in [-0.39, 0.29) is 5.91 Å². The first kappa shape index (κ1) is 17.4. The predicted octanol–water partition coefficient (Wildman–Crippen LogP) is 4.72. The fourth-order valence-corrected chi connectivity index (χ4v) is 2.50. The van der Waals surface area contributed by atoms with Gasteiger partial charge in [-0.15, -0.1) is 0 Å². The summed E-state index contributed by atoms with van der Waals surface area (Å²) in [5.41, 5.74) is 2.50. The highest BCUT2D eigenvalue weighted by Crippen LogP contribution is 2.27. The van der Waals surface area contributed by atoms with Crippen molar-refractivity contribution >= 4 is 17.6 Å². The molecule has 0 aliphatic carbocycles. The molecular formula is C22H19NO3. The fraction of sp³-hybridized carbons (Fsp3) is 0.0909. The Kier molecular flexibility index (Phi) is 5.44. The van der Waals surface area contributed by atoms with Crippen LogP contribution >= 0.6 is 0 Å². The van der Waals surface area contributed by atoms with E-state index in [1.54, 1.807) is 54.6 Å². The third-order valence-corrected chi connectivity index (χ3v) is 3.95. The molecule has 0 aliphatic rings. The average molecular weight is 345 g/mol. The quantitative estimate of drug-likeness (QED) is 0.538. The summed E-state index contributed by atoms with van der Waals surface area (Å²) in [5, 5.41) is 2.84. The Labute approximate surface area is 152 Å². The lowest BCUT2D eigenvalue weighted by atomic mass is 10.1. The van der Waals surface area contributed by atoms with Crippen molar-refractivity contribution in [2.45, 2.75) is 13.3 Å². The van der Waals surface area contributed by atoms with Gasteiger partial charge in [-0.3, -0.25) is 4.79 Å². The van der Waals surface area contributed by atoms with Gasteiger partial charge in [-0.05, 0) is 48.4 Å². The van der Waals surface area contributed by atoms with E-state index in [1.807, 2.05) is 31.2 Å². The van der Waals surface area contributed by atoms with Gasteiger partial charge in [0.2, 0.25) is 0 Å². The van der Waals surface area contributed by atoms with Crippen molar-refractivity contribution in [3.63, 3.8) is 0 Å². The zero-order valence-electron chi connectivity index (χ0n) is 14.4. The van der Waals surface area contributed by atoms with E-state index < -0.39 is 5.97 Å². The summed E-state index contributed by atoms with van der Waals surface area (Å²) in [4.78, 5) is 24.8. The predicted molar refractivity (Wildman–Crippen MR) is 102 cm³/mol. The Balaban J connectivity index is 1.86. The third kappa shape index (κ3) is 4.16. The molecule has 0 saturated carbocycles. The number of nitrogens with one attached hydrogen (secondary N) is 1. The topological polar surface area (TPSA) is 55.4 Å². The van der Waals surface area contributed by atoms with Crippen LogP contribution in [-0.4, -0.2) is 11.9 Å². The third-order valence-electron chi connectivity index (χ3n) is 3.95. The first-order chi connectivity index (χ1) is 12.7. The van der Waals surface area contributed by atoms with Crippen molar-refractivity contribution < 1.29 is 14.3 Å². The second-order valence-corrected chi connectivity index (χ2v) is 5.76. The molecule has 0 fully saturated rings. The summed E-state index contributed by atoms with van der Waals surface area (Å²) in [6.45, 7) is 2.02. The highest BCUT2D eigenvalue weighted by Gasteiger charge is 2.14. The van der Waals surface area contributed by atoms with Crippen LogP contribution in [0.15, 0.2) is 78.9 Å². The molecule has 26 heavy (non-hydrogen) atoms. The number of hydrogen-bond donors (Lipinski definition) is 1. The lowest BCUT2D eigenvalue weighted by Crippen LogP contribution is -2.15. The van der Waals surface area contributed by atoms with E-state index >= 15 is 0 Å². The Morgan fingerprint density at radius 1 is 0.846 bits per heavy atom. The Bertz CT molecular complexity index is 905. The van der Waals surface area contributed by atoms with Crippen molar-refractivity contribution in [1.82, 2.24) is 0 Å². The molecular weight excluding hydrogens is 326 g/mol. The first-order valence-electron chi connectivity index (χ1n) is 8.44. The van der Waals surface area contributed by atoms with Gasteiger partial charge in [-0.1, -0.05) is 49.4 Å². The number of carbonyl (C=O) groups excluding carboxylic acids is 2. The monoisotopic (exact) mass is 345 g/mol. The molecule has 4 nitrogen and oxygen atoms in total. The highest BCUT2D eigenvalue weighted by molar-refractivity contribution is 6.05. The van der Waals surface area contributed by atoms with Crippen LogP contribution in [0.25, 0.3) is 0 Å². The molecule has 3 aromatic rings. The molecule has 0 aromatic heterocycles. The maximum absolute atomic E-state index is 12.5. The average Bonchev–Trinajstić information content (AvgIpc) is 2.70. The van der Waals surface area contributed by atoms with E-state index in [9.17, 15) is 9.59 Å². The smallest absolute Gasteiger partial charge is 0.343 e. The maximum Gasteiger partial charge on any atom is 0.343 e. The van der Waals surface area contributed by atoms with Gasteiger partial charge >= 0.3 is 5.97 Å². The van der Waals surface area contributed by atoms with Gasteiger partial charge in [-0.25, -0.2) is 4.79 Å². The number of benzene rings is 3. The lowest BCUT2D eigenvalue weighted by Gasteiger charge is -2.13. The van der Waals surface area contributed by atoms with Gasteiger partial charge in [-0.2, -0.15) is 0 Å². The van der Waals surface area contributed by atoms with Crippen molar-refractivity contribution in [1.29, 1.82) is 0 Å². The summed E-state index contributed by atoms with van der Waals surface area (Å²) in [6, 6.07) is 23.1. The molecule has 130 valence electrons. The van der Waals surface area contributed by atoms with Crippen molar-refractivity contribution in [2.75, 3.05) is 5.32 Å². The van der Waals surface area contributed by atoms with Gasteiger partial charge in [0, 0.05) is 5.56 Å². The van der Waals surface area contributed by atoms with Gasteiger partial charge < -0.3 is 10.1 Å². The van der Waals surface area contributed by atoms with E-state index in [2.05, 4.69) is 5.32 Å². The molecule has 1 amide bonds. The number of hydrogen-bond acceptors (Lipinski definition) is 3. The van der Waals surface area contributed by atoms with E-state index in [0.717, 1.165) is 12.0 Å². The molecule has 0 aliphatic heterocycles. The molecule has 1 N–H and O–H groups in total. The minimum Gasteiger partial charge on any atom is -0.421 e. The molecule has 0 saturated heterocycles. The zero-order chi connectivity index (χ0) is 18.4. The number of esters is 1. The minimum absolute atomic E-state index is 0.254. The van der Waals surface area contributed by atoms with Gasteiger partial charge in [0.05, 0.1) is 11.3 Å². The first-order valence-corrected chi connectivity index (χ1v) is 8.44. The SMILES string of the molecule is CCc1ccc(OC(=O)c2ccccc2)c(NC(=O)c2ccccc2)c1. The number of anilines is 1. The molecule has 0 spiro atoms. The normalized spacial score (nSPS) is 10.2. The lowest BCUT2D eigenvalue weighted by molar-refractivity contribution is 0.0734. The summed E-state index contributed by atoms with van der Waals surface area (Å²) < 4.78 is 5.51. The summed E-state index contributed by atoms with van der Waals surface area (Å²) in [7, 11) is 0. The molecule has 0 radical (unpaired) electrons. The van der Waals surface area contributed by atoms with Crippen LogP contribution in [0.4, 0.5) is 5.69 Å². The maximum atomic E-state index is 12.5. The van der Waals surface area contributed by atoms with Crippen molar-refractivity contribution in [3.8, 4) is 5.75 Å². The van der Waals surface area contributed by atoms with E-state index in [0.29, 0.717) is 22.6 Å². The van der Waals surface area contributed by atoms with Crippen LogP contribution in [-0.2, 0) is 6.42 Å². The standard InChI is InChI=1S/C22H19NO3/c1-2-16-13-14-20(26-22(25)18-11-7-4-8-12-18)19(15-16)23-21(24)17-9-5-3-6-10-17/h3-15H,2H2,1H3,(H,23,24). The van der Waals surface area contributed by atoms with Crippen LogP contribution in [0.1, 0.15) is 33.2 Å². The van der Waals surface area contributed by atoms with Gasteiger partial charge in [0.1, 0.15) is 0 Å². The highest BCUT2D eigenvalue weighted by atomic mass is 16.5. The van der Waals surface area contributed by atoms with Crippen LogP contribution in [0.3, 0.4) is 0 Å². The number of ether oxygens (including phenoxy) is 1. The van der Waals surface area contributed by atoms with E-state index in [1.165, 1.54) is 0 Å². The Hall–Kier alpha value is -3.40. The summed E-state index contributed by atoms with van der Waals surface area (Å²) in [5.74, 6) is -0.402. The number of rotatable bonds is 5. The van der Waals surface area contributed by atoms with Crippen LogP contribution in [0.2, 0.25) is 0 Å². The molecule has 4 heteroatoms. The number of carbonyl (C=O) groups is 2. The van der Waals surface area contributed by atoms with Gasteiger partial charge in [0.25, 0.3) is 5.91 Å². The molecule has 0 unspecified atom stereocenters. The Morgan fingerprint density at radius 3 is 2.08 bits per heavy atom. The number of aryl methyl sites for hydroxylation is 1. The van der Waals surface area contributed by atoms with Gasteiger partial charge in [0.15, 0.2) is 5.75 Å². The summed E-state index contributed by atoms with van der Waals surface area (Å²) >= 11 is 0. The van der Waals surface area contributed by atoms with E-state index in [4.69, 9.17) is 4.74 Å². The van der Waals surface area contributed by atoms with Crippen molar-refractivity contribution in [3.05, 3.63) is 95.6 Å². The Morgan fingerprint density at radius 2 is 1.46 bits per heavy atom. The van der Waals surface area contributed by atoms with Crippen LogP contribution < -0.4 is 10.1 Å². The molecule has 0 atom stereocenters. The molecule has 0 bridgehead atoms. The van der Waals surface area contributed by atoms with Crippen molar-refractivity contribution in [2.24, 2.45) is 0 Å². The fourth-order valence-electron chi connectivity index (χ4n) is 2.50. The number of amides is 1. The minimum atomic E-state index is -0.468. The molecule has 3 rings (SSSR count). The van der Waals surface area contributed by atoms with Crippen LogP contribution in [0, 0.1) is 0 Å². The molecule has 0 heterocycles.